The fourth-order valence-corrected chi connectivity index (χ4v) is 3.17. The fraction of sp³-hybridized carbons (Fsp3) is 0.188. The van der Waals surface area contributed by atoms with E-state index in [1.54, 1.807) is 0 Å². The minimum Gasteiger partial charge on any atom is -0.320 e. The summed E-state index contributed by atoms with van der Waals surface area (Å²) in [7, 11) is 0. The maximum absolute atomic E-state index is 4.76. The number of benzene rings is 2. The van der Waals surface area contributed by atoms with Crippen LogP contribution in [0, 0.1) is 6.92 Å². The van der Waals surface area contributed by atoms with Crippen LogP contribution in [0.2, 0.25) is 0 Å². The Hall–Kier alpha value is -1.74. The number of rotatable bonds is 2. The minimum absolute atomic E-state index is 1.02. The molecule has 1 aliphatic rings. The molecule has 0 unspecified atom stereocenters. The van der Waals surface area contributed by atoms with Crippen LogP contribution in [-0.4, -0.2) is 17.5 Å². The number of thioether (sulfide) groups is 1. The molecule has 0 bridgehead atoms. The van der Waals surface area contributed by atoms with Crippen LogP contribution < -0.4 is 4.90 Å². The molecule has 0 atom stereocenters. The van der Waals surface area contributed by atoms with Crippen molar-refractivity contribution < 1.29 is 0 Å². The normalized spacial score (nSPS) is 17.1. The highest BCUT2D eigenvalue weighted by molar-refractivity contribution is 8.14. The Kier molecular flexibility index (Phi) is 3.56. The molecule has 3 rings (SSSR count). The maximum atomic E-state index is 4.76. The molecule has 1 fully saturated rings. The molecule has 2 nitrogen and oxygen atoms in total. The first kappa shape index (κ1) is 12.3. The quantitative estimate of drug-likeness (QED) is 0.809. The van der Waals surface area contributed by atoms with Crippen molar-refractivity contribution in [2.45, 2.75) is 6.92 Å². The second-order valence-corrected chi connectivity index (χ2v) is 5.58. The lowest BCUT2D eigenvalue weighted by Gasteiger charge is -2.20. The Balaban J connectivity index is 1.94. The van der Waals surface area contributed by atoms with Crippen LogP contribution >= 0.6 is 11.8 Å². The van der Waals surface area contributed by atoms with Crippen LogP contribution in [0.15, 0.2) is 59.6 Å². The Morgan fingerprint density at radius 3 is 2.53 bits per heavy atom. The second kappa shape index (κ2) is 5.49. The zero-order chi connectivity index (χ0) is 13.1. The summed E-state index contributed by atoms with van der Waals surface area (Å²) in [6, 6.07) is 18.6. The Labute approximate surface area is 118 Å². The van der Waals surface area contributed by atoms with Gasteiger partial charge in [0.25, 0.3) is 0 Å². The lowest BCUT2D eigenvalue weighted by Crippen LogP contribution is -2.24. The van der Waals surface area contributed by atoms with Crippen molar-refractivity contribution in [3.8, 4) is 0 Å². The largest absolute Gasteiger partial charge is 0.320 e. The fourth-order valence-electron chi connectivity index (χ4n) is 2.20. The lowest BCUT2D eigenvalue weighted by molar-refractivity contribution is 1.09. The number of hydrogen-bond donors (Lipinski definition) is 0. The zero-order valence-corrected chi connectivity index (χ0v) is 11.7. The molecule has 1 heterocycles. The van der Waals surface area contributed by atoms with Gasteiger partial charge in [-0.15, -0.1) is 0 Å². The van der Waals surface area contributed by atoms with E-state index in [1.807, 2.05) is 42.1 Å². The van der Waals surface area contributed by atoms with Crippen molar-refractivity contribution in [2.75, 3.05) is 17.2 Å². The van der Waals surface area contributed by atoms with Gasteiger partial charge in [0.15, 0.2) is 5.17 Å². The van der Waals surface area contributed by atoms with Crippen molar-refractivity contribution in [3.63, 3.8) is 0 Å². The zero-order valence-electron chi connectivity index (χ0n) is 10.9. The van der Waals surface area contributed by atoms with Crippen LogP contribution in [0.5, 0.6) is 0 Å². The predicted octanol–water partition coefficient (Wildman–Crippen LogP) is 4.24. The molecule has 2 aromatic carbocycles. The number of amidine groups is 1. The van der Waals surface area contributed by atoms with Crippen LogP contribution in [0.1, 0.15) is 5.56 Å². The molecule has 96 valence electrons. The van der Waals surface area contributed by atoms with Crippen molar-refractivity contribution in [1.82, 2.24) is 0 Å². The van der Waals surface area contributed by atoms with Crippen molar-refractivity contribution in [3.05, 3.63) is 60.2 Å². The highest BCUT2D eigenvalue weighted by atomic mass is 32.2. The van der Waals surface area contributed by atoms with Gasteiger partial charge in [-0.1, -0.05) is 48.2 Å². The highest BCUT2D eigenvalue weighted by Crippen LogP contribution is 2.29. The average molecular weight is 268 g/mol. The highest BCUT2D eigenvalue weighted by Gasteiger charge is 2.22. The van der Waals surface area contributed by atoms with E-state index in [0.717, 1.165) is 23.2 Å². The third-order valence-corrected chi connectivity index (χ3v) is 4.12. The first-order chi connectivity index (χ1) is 9.34. The summed E-state index contributed by atoms with van der Waals surface area (Å²) in [5, 5.41) is 1.10. The molecule has 0 spiro atoms. The smallest absolute Gasteiger partial charge is 0.168 e. The van der Waals surface area contributed by atoms with Gasteiger partial charge < -0.3 is 4.90 Å². The van der Waals surface area contributed by atoms with Crippen LogP contribution in [0.25, 0.3) is 0 Å². The van der Waals surface area contributed by atoms with Gasteiger partial charge in [0, 0.05) is 18.0 Å². The Morgan fingerprint density at radius 2 is 1.74 bits per heavy atom. The minimum atomic E-state index is 1.02. The van der Waals surface area contributed by atoms with Crippen LogP contribution in [0.3, 0.4) is 0 Å². The third-order valence-electron chi connectivity index (χ3n) is 3.16. The van der Waals surface area contributed by atoms with Gasteiger partial charge >= 0.3 is 0 Å². The summed E-state index contributed by atoms with van der Waals surface area (Å²) in [6.45, 7) is 3.18. The van der Waals surface area contributed by atoms with E-state index in [0.29, 0.717) is 0 Å². The molecular formula is C16H16N2S. The van der Waals surface area contributed by atoms with Gasteiger partial charge in [-0.05, 0) is 30.7 Å². The SMILES string of the molecule is Cc1ccccc1N1CCSC1=Nc1ccccc1. The summed E-state index contributed by atoms with van der Waals surface area (Å²) in [5.74, 6) is 1.10. The molecule has 0 aliphatic carbocycles. The number of aryl methyl sites for hydroxylation is 1. The molecule has 1 aliphatic heterocycles. The van der Waals surface area contributed by atoms with Crippen LogP contribution in [0.4, 0.5) is 11.4 Å². The molecule has 1 saturated heterocycles. The molecule has 0 aromatic heterocycles. The van der Waals surface area contributed by atoms with Crippen molar-refractivity contribution in [1.29, 1.82) is 0 Å². The van der Waals surface area contributed by atoms with Crippen molar-refractivity contribution >= 4 is 28.3 Å². The molecule has 3 heteroatoms. The summed E-state index contributed by atoms with van der Waals surface area (Å²) >= 11 is 1.82. The first-order valence-corrected chi connectivity index (χ1v) is 7.43. The van der Waals surface area contributed by atoms with E-state index in [9.17, 15) is 0 Å². The molecule has 0 N–H and O–H groups in total. The average Bonchev–Trinajstić information content (AvgIpc) is 2.88. The van der Waals surface area contributed by atoms with E-state index >= 15 is 0 Å². The van der Waals surface area contributed by atoms with E-state index in [1.165, 1.54) is 11.3 Å². The van der Waals surface area contributed by atoms with E-state index in [-0.39, 0.29) is 0 Å². The standard InChI is InChI=1S/C16H16N2S/c1-13-7-5-6-10-15(13)18-11-12-19-16(18)17-14-8-3-2-4-9-14/h2-10H,11-12H2,1H3. The molecular weight excluding hydrogens is 252 g/mol. The Morgan fingerprint density at radius 1 is 1.00 bits per heavy atom. The van der Waals surface area contributed by atoms with Crippen LogP contribution in [-0.2, 0) is 0 Å². The van der Waals surface area contributed by atoms with Gasteiger partial charge in [-0.2, -0.15) is 0 Å². The van der Waals surface area contributed by atoms with E-state index in [4.69, 9.17) is 4.99 Å². The number of hydrogen-bond acceptors (Lipinski definition) is 2. The third kappa shape index (κ3) is 2.66. The van der Waals surface area contributed by atoms with Gasteiger partial charge in [0.2, 0.25) is 0 Å². The number of nitrogens with zero attached hydrogens (tertiary/aromatic N) is 2. The maximum Gasteiger partial charge on any atom is 0.168 e. The number of aliphatic imine (C=N–C) groups is 1. The summed E-state index contributed by atoms with van der Waals surface area (Å²) in [6.07, 6.45) is 0. The molecule has 19 heavy (non-hydrogen) atoms. The first-order valence-electron chi connectivity index (χ1n) is 6.44. The topological polar surface area (TPSA) is 15.6 Å². The lowest BCUT2D eigenvalue weighted by atomic mass is 10.2. The molecule has 0 saturated carbocycles. The van der Waals surface area contributed by atoms with E-state index in [2.05, 4.69) is 36.1 Å². The molecule has 0 radical (unpaired) electrons. The monoisotopic (exact) mass is 268 g/mol. The van der Waals surface area contributed by atoms with Crippen molar-refractivity contribution in [2.24, 2.45) is 4.99 Å². The predicted molar refractivity (Wildman–Crippen MR) is 84.5 cm³/mol. The van der Waals surface area contributed by atoms with E-state index < -0.39 is 0 Å². The van der Waals surface area contributed by atoms with Gasteiger partial charge in [-0.3, -0.25) is 0 Å². The number of anilines is 1. The summed E-state index contributed by atoms with van der Waals surface area (Å²) < 4.78 is 0. The van der Waals surface area contributed by atoms with Gasteiger partial charge in [-0.25, -0.2) is 4.99 Å². The second-order valence-electron chi connectivity index (χ2n) is 4.52. The molecule has 2 aromatic rings. The summed E-state index contributed by atoms with van der Waals surface area (Å²) in [4.78, 5) is 7.08. The molecule has 0 amide bonds. The number of para-hydroxylation sites is 2. The Bertz CT molecular complexity index is 593. The summed E-state index contributed by atoms with van der Waals surface area (Å²) in [5.41, 5.74) is 3.58. The van der Waals surface area contributed by atoms with Gasteiger partial charge in [0.05, 0.1) is 5.69 Å². The van der Waals surface area contributed by atoms with Gasteiger partial charge in [0.1, 0.15) is 0 Å².